The van der Waals surface area contributed by atoms with Crippen molar-refractivity contribution in [2.75, 3.05) is 0 Å². The van der Waals surface area contributed by atoms with Gasteiger partial charge in [0, 0.05) is 16.3 Å². The van der Waals surface area contributed by atoms with Crippen LogP contribution in [0.4, 0.5) is 0 Å². The van der Waals surface area contributed by atoms with Crippen LogP contribution in [-0.2, 0) is 0 Å². The van der Waals surface area contributed by atoms with Gasteiger partial charge in [0.2, 0.25) is 0 Å². The van der Waals surface area contributed by atoms with Crippen LogP contribution in [0.5, 0.6) is 5.75 Å². The third-order valence-electron chi connectivity index (χ3n) is 2.74. The fraction of sp³-hybridized carbons (Fsp3) is 0. The lowest BCUT2D eigenvalue weighted by molar-refractivity contribution is 0.289. The summed E-state index contributed by atoms with van der Waals surface area (Å²) >= 11 is 0. The van der Waals surface area contributed by atoms with Crippen LogP contribution >= 0.6 is 0 Å². The molecule has 3 aromatic rings. The molecule has 0 atom stereocenters. The lowest BCUT2D eigenvalue weighted by Crippen LogP contribution is -2.20. The Bertz CT molecular complexity index is 678. The summed E-state index contributed by atoms with van der Waals surface area (Å²) in [5.74, 6) is 0.425. The number of hydrogen-bond acceptors (Lipinski definition) is 3. The molecule has 0 amide bonds. The molecular weight excluding hydrogens is 217 g/mol. The highest BCUT2D eigenvalue weighted by molar-refractivity contribution is 6.34. The number of aromatic amines is 1. The number of rotatable bonds is 2. The number of aromatic nitrogens is 1. The molecule has 0 aliphatic rings. The highest BCUT2D eigenvalue weighted by atomic mass is 16.6. The number of para-hydroxylation sites is 2. The normalized spacial score (nSPS) is 10.9. The third-order valence-corrected chi connectivity index (χ3v) is 2.74. The van der Waals surface area contributed by atoms with Gasteiger partial charge in [0.15, 0.2) is 0 Å². The van der Waals surface area contributed by atoms with Crippen LogP contribution < -0.4 is 4.65 Å². The summed E-state index contributed by atoms with van der Waals surface area (Å²) in [4.78, 5) is 3.20. The molecule has 3 N–H and O–H groups in total. The van der Waals surface area contributed by atoms with Gasteiger partial charge < -0.3 is 19.7 Å². The maximum Gasteiger partial charge on any atom is 0.707 e. The first-order valence-corrected chi connectivity index (χ1v) is 5.28. The van der Waals surface area contributed by atoms with Crippen molar-refractivity contribution < 1.29 is 14.7 Å². The van der Waals surface area contributed by atoms with E-state index in [4.69, 9.17) is 14.7 Å². The van der Waals surface area contributed by atoms with Crippen LogP contribution in [0.1, 0.15) is 0 Å². The number of hydrogen-bond donors (Lipinski definition) is 3. The first-order valence-electron chi connectivity index (χ1n) is 5.28. The van der Waals surface area contributed by atoms with Gasteiger partial charge in [0.25, 0.3) is 0 Å². The van der Waals surface area contributed by atoms with E-state index in [0.717, 1.165) is 21.8 Å². The molecule has 0 aliphatic carbocycles. The summed E-state index contributed by atoms with van der Waals surface area (Å²) in [7, 11) is -1.81. The summed E-state index contributed by atoms with van der Waals surface area (Å²) in [6, 6.07) is 13.4. The van der Waals surface area contributed by atoms with Crippen molar-refractivity contribution in [3.63, 3.8) is 0 Å². The fourth-order valence-corrected chi connectivity index (χ4v) is 2.06. The first-order chi connectivity index (χ1) is 8.25. The Morgan fingerprint density at radius 2 is 1.71 bits per heavy atom. The van der Waals surface area contributed by atoms with Crippen LogP contribution in [0.3, 0.4) is 0 Å². The summed E-state index contributed by atoms with van der Waals surface area (Å²) in [6.45, 7) is 0. The van der Waals surface area contributed by atoms with Gasteiger partial charge >= 0.3 is 7.32 Å². The second-order valence-corrected chi connectivity index (χ2v) is 3.79. The summed E-state index contributed by atoms with van der Waals surface area (Å²) in [6.07, 6.45) is 0. The van der Waals surface area contributed by atoms with Gasteiger partial charge in [-0.1, -0.05) is 30.3 Å². The SMILES string of the molecule is OB(O)Oc1cccc2c1[nH]c1ccccc12. The topological polar surface area (TPSA) is 65.5 Å². The predicted molar refractivity (Wildman–Crippen MR) is 66.6 cm³/mol. The Morgan fingerprint density at radius 1 is 0.941 bits per heavy atom. The Hall–Kier alpha value is -1.98. The van der Waals surface area contributed by atoms with E-state index in [1.807, 2.05) is 36.4 Å². The Morgan fingerprint density at radius 3 is 2.53 bits per heavy atom. The predicted octanol–water partition coefficient (Wildman–Crippen LogP) is 1.67. The van der Waals surface area contributed by atoms with E-state index in [1.54, 1.807) is 6.07 Å². The lowest BCUT2D eigenvalue weighted by atomic mass is 10.1. The Kier molecular flexibility index (Phi) is 2.28. The van der Waals surface area contributed by atoms with E-state index in [2.05, 4.69) is 4.98 Å². The van der Waals surface area contributed by atoms with Gasteiger partial charge in [-0.2, -0.15) is 0 Å². The lowest BCUT2D eigenvalue weighted by Gasteiger charge is -2.05. The zero-order valence-electron chi connectivity index (χ0n) is 8.92. The van der Waals surface area contributed by atoms with Gasteiger partial charge in [-0.05, 0) is 12.1 Å². The van der Waals surface area contributed by atoms with Crippen molar-refractivity contribution in [1.29, 1.82) is 0 Å². The largest absolute Gasteiger partial charge is 0.707 e. The molecule has 5 heteroatoms. The van der Waals surface area contributed by atoms with Gasteiger partial charge in [0.1, 0.15) is 5.75 Å². The fourth-order valence-electron chi connectivity index (χ4n) is 2.06. The highest BCUT2D eigenvalue weighted by Gasteiger charge is 2.15. The van der Waals surface area contributed by atoms with Crippen molar-refractivity contribution in [1.82, 2.24) is 4.98 Å². The van der Waals surface area contributed by atoms with E-state index in [1.165, 1.54) is 0 Å². The van der Waals surface area contributed by atoms with E-state index in [0.29, 0.717) is 5.75 Å². The van der Waals surface area contributed by atoms with Crippen LogP contribution in [0.2, 0.25) is 0 Å². The van der Waals surface area contributed by atoms with Crippen molar-refractivity contribution in [3.05, 3.63) is 42.5 Å². The molecule has 0 bridgehead atoms. The molecule has 0 saturated heterocycles. The monoisotopic (exact) mass is 227 g/mol. The Balaban J connectivity index is 2.31. The zero-order chi connectivity index (χ0) is 11.8. The quantitative estimate of drug-likeness (QED) is 0.583. The van der Waals surface area contributed by atoms with Crippen LogP contribution in [0.15, 0.2) is 42.5 Å². The molecule has 4 nitrogen and oxygen atoms in total. The minimum atomic E-state index is -1.81. The molecule has 0 aliphatic heterocycles. The highest BCUT2D eigenvalue weighted by Crippen LogP contribution is 2.31. The minimum Gasteiger partial charge on any atom is -0.510 e. The number of benzene rings is 2. The second kappa shape index (κ2) is 3.80. The standard InChI is InChI=1S/C12H10BNO3/c15-13(16)17-11-7-3-5-9-8-4-1-2-6-10(8)14-12(9)11/h1-7,14-16H. The molecule has 84 valence electrons. The summed E-state index contributed by atoms with van der Waals surface area (Å²) in [5.41, 5.74) is 1.76. The van der Waals surface area contributed by atoms with Crippen molar-refractivity contribution in [3.8, 4) is 5.75 Å². The summed E-state index contributed by atoms with van der Waals surface area (Å²) < 4.78 is 4.94. The minimum absolute atomic E-state index is 0.425. The molecule has 2 aromatic carbocycles. The summed E-state index contributed by atoms with van der Waals surface area (Å²) in [5, 5.41) is 19.8. The van der Waals surface area contributed by atoms with Crippen molar-refractivity contribution in [2.45, 2.75) is 0 Å². The molecule has 0 spiro atoms. The molecule has 0 fully saturated rings. The molecule has 17 heavy (non-hydrogen) atoms. The van der Waals surface area contributed by atoms with E-state index in [-0.39, 0.29) is 0 Å². The number of H-pyrrole nitrogens is 1. The van der Waals surface area contributed by atoms with Crippen molar-refractivity contribution >= 4 is 29.1 Å². The van der Waals surface area contributed by atoms with Crippen molar-refractivity contribution in [2.24, 2.45) is 0 Å². The third kappa shape index (κ3) is 1.65. The average Bonchev–Trinajstić information content (AvgIpc) is 2.68. The smallest absolute Gasteiger partial charge is 0.510 e. The molecule has 0 unspecified atom stereocenters. The average molecular weight is 227 g/mol. The molecule has 1 heterocycles. The second-order valence-electron chi connectivity index (χ2n) is 3.79. The van der Waals surface area contributed by atoms with Crippen LogP contribution in [0, 0.1) is 0 Å². The van der Waals surface area contributed by atoms with E-state index < -0.39 is 7.32 Å². The number of fused-ring (bicyclic) bond motifs is 3. The van der Waals surface area contributed by atoms with Gasteiger partial charge in [0.05, 0.1) is 5.52 Å². The Labute approximate surface area is 97.6 Å². The molecule has 3 rings (SSSR count). The van der Waals surface area contributed by atoms with Crippen LogP contribution in [0.25, 0.3) is 21.8 Å². The van der Waals surface area contributed by atoms with E-state index in [9.17, 15) is 0 Å². The first kappa shape index (κ1) is 10.2. The number of nitrogens with one attached hydrogen (secondary N) is 1. The molecule has 0 radical (unpaired) electrons. The van der Waals surface area contributed by atoms with E-state index >= 15 is 0 Å². The van der Waals surface area contributed by atoms with Crippen LogP contribution in [-0.4, -0.2) is 22.4 Å². The van der Waals surface area contributed by atoms with Gasteiger partial charge in [-0.15, -0.1) is 0 Å². The molecule has 0 saturated carbocycles. The van der Waals surface area contributed by atoms with Gasteiger partial charge in [-0.3, -0.25) is 0 Å². The molecular formula is C12H10BNO3. The maximum atomic E-state index is 8.86. The van der Waals surface area contributed by atoms with Gasteiger partial charge in [-0.25, -0.2) is 0 Å². The zero-order valence-corrected chi connectivity index (χ0v) is 8.92. The molecule has 1 aromatic heterocycles. The maximum absolute atomic E-state index is 8.86.